The second kappa shape index (κ2) is 4.70. The number of nitrogens with zero attached hydrogens (tertiary/aromatic N) is 1. The van der Waals surface area contributed by atoms with Gasteiger partial charge in [0.2, 0.25) is 0 Å². The van der Waals surface area contributed by atoms with Crippen LogP contribution in [0.15, 0.2) is 0 Å². The van der Waals surface area contributed by atoms with Crippen molar-refractivity contribution in [1.29, 1.82) is 0 Å². The van der Waals surface area contributed by atoms with E-state index in [4.69, 9.17) is 0 Å². The zero-order chi connectivity index (χ0) is 8.91. The lowest BCUT2D eigenvalue weighted by Gasteiger charge is -2.45. The molecule has 0 N–H and O–H groups in total. The van der Waals surface area contributed by atoms with Gasteiger partial charge in [-0.1, -0.05) is 27.7 Å². The normalized spacial score (nSPS) is 21.5. The Kier molecular flexibility index (Phi) is 4.66. The van der Waals surface area contributed by atoms with Gasteiger partial charge in [-0.3, -0.25) is 4.90 Å². The molecular formula is C9H20FN. The van der Waals surface area contributed by atoms with Crippen molar-refractivity contribution in [3.05, 3.63) is 0 Å². The third kappa shape index (κ3) is 3.71. The first-order chi connectivity index (χ1) is 5.14. The molecule has 1 aliphatic rings. The Hall–Kier alpha value is -0.110. The molecule has 1 saturated heterocycles. The van der Waals surface area contributed by atoms with Crippen molar-refractivity contribution >= 4 is 0 Å². The molecule has 0 aromatic heterocycles. The summed E-state index contributed by atoms with van der Waals surface area (Å²) < 4.78 is 11.7. The lowest BCUT2D eigenvalue weighted by molar-refractivity contribution is 0.0269. The molecule has 1 aliphatic heterocycles. The van der Waals surface area contributed by atoms with Crippen LogP contribution in [0.5, 0.6) is 0 Å². The molecule has 0 unspecified atom stereocenters. The maximum absolute atomic E-state index is 11.7. The van der Waals surface area contributed by atoms with E-state index in [0.29, 0.717) is 12.0 Å². The first-order valence-electron chi connectivity index (χ1n) is 4.42. The molecule has 1 fully saturated rings. The van der Waals surface area contributed by atoms with Crippen LogP contribution in [0, 0.1) is 5.41 Å². The Morgan fingerprint density at radius 3 is 2.00 bits per heavy atom. The minimum atomic E-state index is -0.198. The number of alkyl halides is 1. The van der Waals surface area contributed by atoms with Crippen molar-refractivity contribution in [2.75, 3.05) is 26.3 Å². The van der Waals surface area contributed by atoms with E-state index in [2.05, 4.69) is 18.7 Å². The molecule has 1 nitrogen and oxygen atoms in total. The second-order valence-electron chi connectivity index (χ2n) is 3.56. The lowest BCUT2D eigenvalue weighted by Crippen LogP contribution is -2.53. The molecular weight excluding hydrogens is 141 g/mol. The first-order valence-corrected chi connectivity index (χ1v) is 4.42. The van der Waals surface area contributed by atoms with Gasteiger partial charge in [0.1, 0.15) is 6.67 Å². The number of halogens is 1. The molecule has 11 heavy (non-hydrogen) atoms. The van der Waals surface area contributed by atoms with Crippen LogP contribution in [0.4, 0.5) is 4.39 Å². The van der Waals surface area contributed by atoms with Gasteiger partial charge in [0.15, 0.2) is 0 Å². The minimum absolute atomic E-state index is 0.198. The van der Waals surface area contributed by atoms with Crippen molar-refractivity contribution in [2.45, 2.75) is 27.7 Å². The van der Waals surface area contributed by atoms with E-state index in [-0.39, 0.29) is 6.67 Å². The molecule has 68 valence electrons. The van der Waals surface area contributed by atoms with Crippen LogP contribution in [-0.2, 0) is 0 Å². The van der Waals surface area contributed by atoms with E-state index in [1.807, 2.05) is 13.8 Å². The maximum Gasteiger partial charge on any atom is 0.102 e. The molecule has 2 heteroatoms. The summed E-state index contributed by atoms with van der Waals surface area (Å²) in [6, 6.07) is 0. The first kappa shape index (κ1) is 10.9. The largest absolute Gasteiger partial charge is 0.300 e. The number of likely N-dealkylation sites (tertiary alicyclic amines) is 1. The standard InChI is InChI=1S/C7H14FN.C2H6/c1-7(2)5-9(6-7)4-3-8;1-2/h3-6H2,1-2H3;1-2H3. The van der Waals surface area contributed by atoms with E-state index < -0.39 is 0 Å². The summed E-state index contributed by atoms with van der Waals surface area (Å²) in [5, 5.41) is 0. The average molecular weight is 161 g/mol. The zero-order valence-corrected chi connectivity index (χ0v) is 8.15. The minimum Gasteiger partial charge on any atom is -0.300 e. The molecule has 0 aromatic rings. The van der Waals surface area contributed by atoms with Crippen LogP contribution in [0.3, 0.4) is 0 Å². The summed E-state index contributed by atoms with van der Waals surface area (Å²) in [6.07, 6.45) is 0. The van der Waals surface area contributed by atoms with E-state index in [1.54, 1.807) is 0 Å². The lowest BCUT2D eigenvalue weighted by atomic mass is 9.85. The van der Waals surface area contributed by atoms with Gasteiger partial charge in [-0.15, -0.1) is 0 Å². The molecule has 0 spiro atoms. The van der Waals surface area contributed by atoms with Crippen LogP contribution < -0.4 is 0 Å². The summed E-state index contributed by atoms with van der Waals surface area (Å²) in [4.78, 5) is 2.14. The van der Waals surface area contributed by atoms with Crippen LogP contribution >= 0.6 is 0 Å². The number of hydrogen-bond acceptors (Lipinski definition) is 1. The fourth-order valence-electron chi connectivity index (χ4n) is 1.44. The average Bonchev–Trinajstić information content (AvgIpc) is 1.89. The van der Waals surface area contributed by atoms with Crippen molar-refractivity contribution in [3.63, 3.8) is 0 Å². The van der Waals surface area contributed by atoms with Crippen LogP contribution in [0.2, 0.25) is 0 Å². The summed E-state index contributed by atoms with van der Waals surface area (Å²) in [5.74, 6) is 0. The van der Waals surface area contributed by atoms with E-state index in [9.17, 15) is 4.39 Å². The molecule has 0 aromatic carbocycles. The Bertz CT molecular complexity index is 93.7. The van der Waals surface area contributed by atoms with Crippen LogP contribution in [-0.4, -0.2) is 31.2 Å². The Morgan fingerprint density at radius 2 is 1.73 bits per heavy atom. The molecule has 0 amide bonds. The smallest absolute Gasteiger partial charge is 0.102 e. The predicted molar refractivity (Wildman–Crippen MR) is 47.5 cm³/mol. The fourth-order valence-corrected chi connectivity index (χ4v) is 1.44. The van der Waals surface area contributed by atoms with Gasteiger partial charge in [0.05, 0.1) is 0 Å². The van der Waals surface area contributed by atoms with Gasteiger partial charge in [0.25, 0.3) is 0 Å². The SMILES string of the molecule is CC.CC1(C)CN(CCF)C1. The number of rotatable bonds is 2. The highest BCUT2D eigenvalue weighted by Gasteiger charge is 2.33. The van der Waals surface area contributed by atoms with Crippen LogP contribution in [0.1, 0.15) is 27.7 Å². The van der Waals surface area contributed by atoms with Crippen molar-refractivity contribution in [3.8, 4) is 0 Å². The molecule has 1 heterocycles. The van der Waals surface area contributed by atoms with Gasteiger partial charge < -0.3 is 0 Å². The summed E-state index contributed by atoms with van der Waals surface area (Å²) in [5.41, 5.74) is 0.454. The monoisotopic (exact) mass is 161 g/mol. The molecule has 0 saturated carbocycles. The van der Waals surface area contributed by atoms with E-state index in [0.717, 1.165) is 13.1 Å². The van der Waals surface area contributed by atoms with Gasteiger partial charge in [0, 0.05) is 19.6 Å². The van der Waals surface area contributed by atoms with Gasteiger partial charge in [-0.2, -0.15) is 0 Å². The fraction of sp³-hybridized carbons (Fsp3) is 1.00. The van der Waals surface area contributed by atoms with Crippen molar-refractivity contribution in [2.24, 2.45) is 5.41 Å². The molecule has 0 aliphatic carbocycles. The highest BCUT2D eigenvalue weighted by molar-refractivity contribution is 4.86. The highest BCUT2D eigenvalue weighted by Crippen LogP contribution is 2.27. The Balaban J connectivity index is 0.000000461. The Labute approximate surface area is 69.6 Å². The molecule has 0 atom stereocenters. The predicted octanol–water partition coefficient (Wildman–Crippen LogP) is 2.32. The molecule has 0 radical (unpaired) electrons. The summed E-state index contributed by atoms with van der Waals surface area (Å²) >= 11 is 0. The maximum atomic E-state index is 11.7. The van der Waals surface area contributed by atoms with Gasteiger partial charge in [-0.05, 0) is 5.41 Å². The summed E-state index contributed by atoms with van der Waals surface area (Å²) in [7, 11) is 0. The van der Waals surface area contributed by atoms with Crippen LogP contribution in [0.25, 0.3) is 0 Å². The third-order valence-electron chi connectivity index (χ3n) is 1.70. The third-order valence-corrected chi connectivity index (χ3v) is 1.70. The van der Waals surface area contributed by atoms with Gasteiger partial charge in [-0.25, -0.2) is 4.39 Å². The Morgan fingerprint density at radius 1 is 1.27 bits per heavy atom. The summed E-state index contributed by atoms with van der Waals surface area (Å²) in [6.45, 7) is 11.0. The van der Waals surface area contributed by atoms with Gasteiger partial charge >= 0.3 is 0 Å². The van der Waals surface area contributed by atoms with Crippen molar-refractivity contribution in [1.82, 2.24) is 4.90 Å². The second-order valence-corrected chi connectivity index (χ2v) is 3.56. The topological polar surface area (TPSA) is 3.24 Å². The highest BCUT2D eigenvalue weighted by atomic mass is 19.1. The number of hydrogen-bond donors (Lipinski definition) is 0. The van der Waals surface area contributed by atoms with E-state index >= 15 is 0 Å². The molecule has 1 rings (SSSR count). The zero-order valence-electron chi connectivity index (χ0n) is 8.15. The molecule has 0 bridgehead atoms. The van der Waals surface area contributed by atoms with Crippen molar-refractivity contribution < 1.29 is 4.39 Å². The quantitative estimate of drug-likeness (QED) is 0.601. The van der Waals surface area contributed by atoms with E-state index in [1.165, 1.54) is 0 Å².